The highest BCUT2D eigenvalue weighted by atomic mass is 19.1. The molecule has 0 saturated carbocycles. The molecule has 1 aromatic carbocycles. The smallest absolute Gasteiger partial charge is 0.236 e. The maximum atomic E-state index is 13.1. The minimum Gasteiger partial charge on any atom is -0.382 e. The summed E-state index contributed by atoms with van der Waals surface area (Å²) in [5.74, 6) is -1.06. The summed E-state index contributed by atoms with van der Waals surface area (Å²) < 4.78 is 26.3. The summed E-state index contributed by atoms with van der Waals surface area (Å²) >= 11 is 0. The number of carbonyl (C=O) groups is 1. The first-order valence-corrected chi connectivity index (χ1v) is 7.09. The quantitative estimate of drug-likeness (QED) is 0.922. The Labute approximate surface area is 123 Å². The Bertz CT molecular complexity index is 479. The van der Waals surface area contributed by atoms with E-state index in [1.165, 1.54) is 12.1 Å². The van der Waals surface area contributed by atoms with Gasteiger partial charge in [-0.15, -0.1) is 0 Å². The first-order chi connectivity index (χ1) is 9.94. The average Bonchev–Trinajstić information content (AvgIpc) is 2.39. The normalized spacial score (nSPS) is 16.8. The van der Waals surface area contributed by atoms with E-state index in [4.69, 9.17) is 0 Å². The van der Waals surface area contributed by atoms with Crippen molar-refractivity contribution in [3.8, 4) is 0 Å². The number of benzene rings is 1. The second kappa shape index (κ2) is 6.85. The Kier molecular flexibility index (Phi) is 5.12. The largest absolute Gasteiger partial charge is 0.382 e. The third kappa shape index (κ3) is 4.67. The monoisotopic (exact) mass is 297 g/mol. The lowest BCUT2D eigenvalue weighted by Gasteiger charge is -2.32. The fourth-order valence-corrected chi connectivity index (χ4v) is 2.44. The van der Waals surface area contributed by atoms with Gasteiger partial charge < -0.3 is 10.2 Å². The van der Waals surface area contributed by atoms with Crippen LogP contribution >= 0.6 is 0 Å². The topological polar surface area (TPSA) is 35.6 Å². The molecule has 0 unspecified atom stereocenters. The van der Waals surface area contributed by atoms with Crippen LogP contribution < -0.4 is 5.32 Å². The Morgan fingerprint density at radius 3 is 2.33 bits per heavy atom. The van der Waals surface area contributed by atoms with Crippen LogP contribution in [0.25, 0.3) is 0 Å². The number of rotatable bonds is 4. The van der Waals surface area contributed by atoms with E-state index >= 15 is 0 Å². The molecule has 1 amide bonds. The lowest BCUT2D eigenvalue weighted by atomic mass is 10.0. The highest BCUT2D eigenvalue weighted by Gasteiger charge is 2.21. The minimum absolute atomic E-state index is 0.0913. The maximum absolute atomic E-state index is 13.1. The number of hydrogen-bond donors (Lipinski definition) is 1. The van der Waals surface area contributed by atoms with Crippen molar-refractivity contribution in [2.45, 2.75) is 18.9 Å². The molecule has 4 nitrogen and oxygen atoms in total. The number of likely N-dealkylation sites (N-methyl/N-ethyl adjacent to an activating group) is 1. The van der Waals surface area contributed by atoms with Crippen LogP contribution in [-0.2, 0) is 4.79 Å². The molecule has 1 N–H and O–H groups in total. The van der Waals surface area contributed by atoms with E-state index in [2.05, 4.69) is 10.2 Å². The van der Waals surface area contributed by atoms with Crippen LogP contribution in [0.1, 0.15) is 12.8 Å². The number of anilines is 1. The molecular weight excluding hydrogens is 276 g/mol. The van der Waals surface area contributed by atoms with E-state index in [-0.39, 0.29) is 11.9 Å². The SMILES string of the molecule is CN(C)C(=O)CN1CCC(Nc2cc(F)cc(F)c2)CC1. The molecule has 0 aromatic heterocycles. The number of halogens is 2. The molecule has 0 atom stereocenters. The molecule has 1 aromatic rings. The van der Waals surface area contributed by atoms with E-state index in [9.17, 15) is 13.6 Å². The number of nitrogens with one attached hydrogen (secondary N) is 1. The van der Waals surface area contributed by atoms with Gasteiger partial charge in [0.15, 0.2) is 0 Å². The summed E-state index contributed by atoms with van der Waals surface area (Å²) in [4.78, 5) is 15.3. The second-order valence-corrected chi connectivity index (χ2v) is 5.64. The zero-order chi connectivity index (χ0) is 15.4. The number of carbonyl (C=O) groups excluding carboxylic acids is 1. The Balaban J connectivity index is 1.82. The van der Waals surface area contributed by atoms with Crippen LogP contribution in [0.2, 0.25) is 0 Å². The zero-order valence-electron chi connectivity index (χ0n) is 12.4. The highest BCUT2D eigenvalue weighted by Crippen LogP contribution is 2.18. The van der Waals surface area contributed by atoms with E-state index in [1.807, 2.05) is 0 Å². The van der Waals surface area contributed by atoms with Crippen molar-refractivity contribution in [2.75, 3.05) is 39.0 Å². The van der Waals surface area contributed by atoms with Gasteiger partial charge in [-0.25, -0.2) is 8.78 Å². The molecule has 0 spiro atoms. The van der Waals surface area contributed by atoms with E-state index in [1.54, 1.807) is 19.0 Å². The lowest BCUT2D eigenvalue weighted by molar-refractivity contribution is -0.130. The molecule has 1 aliphatic heterocycles. The molecule has 1 heterocycles. The van der Waals surface area contributed by atoms with Gasteiger partial charge >= 0.3 is 0 Å². The maximum Gasteiger partial charge on any atom is 0.236 e. The number of piperidine rings is 1. The number of hydrogen-bond acceptors (Lipinski definition) is 3. The molecule has 6 heteroatoms. The fraction of sp³-hybridized carbons (Fsp3) is 0.533. The van der Waals surface area contributed by atoms with Crippen LogP contribution in [0.5, 0.6) is 0 Å². The van der Waals surface area contributed by atoms with Crippen molar-refractivity contribution in [3.05, 3.63) is 29.8 Å². The van der Waals surface area contributed by atoms with Gasteiger partial charge in [0.25, 0.3) is 0 Å². The van der Waals surface area contributed by atoms with Gasteiger partial charge in [-0.2, -0.15) is 0 Å². The van der Waals surface area contributed by atoms with Crippen molar-refractivity contribution in [2.24, 2.45) is 0 Å². The average molecular weight is 297 g/mol. The van der Waals surface area contributed by atoms with Gasteiger partial charge in [0, 0.05) is 45.0 Å². The molecule has 0 bridgehead atoms. The molecule has 1 fully saturated rings. The number of likely N-dealkylation sites (tertiary alicyclic amines) is 1. The molecule has 2 rings (SSSR count). The predicted molar refractivity (Wildman–Crippen MR) is 78.1 cm³/mol. The van der Waals surface area contributed by atoms with E-state index in [0.717, 1.165) is 32.0 Å². The van der Waals surface area contributed by atoms with Gasteiger partial charge in [-0.1, -0.05) is 0 Å². The number of nitrogens with zero attached hydrogens (tertiary/aromatic N) is 2. The third-order valence-corrected chi connectivity index (χ3v) is 3.68. The lowest BCUT2D eigenvalue weighted by Crippen LogP contribution is -2.43. The second-order valence-electron chi connectivity index (χ2n) is 5.64. The summed E-state index contributed by atoms with van der Waals surface area (Å²) in [6.07, 6.45) is 1.69. The predicted octanol–water partition coefficient (Wildman–Crippen LogP) is 1.93. The van der Waals surface area contributed by atoms with Gasteiger partial charge in [0.2, 0.25) is 5.91 Å². The van der Waals surface area contributed by atoms with Crippen molar-refractivity contribution >= 4 is 11.6 Å². The van der Waals surface area contributed by atoms with Crippen molar-refractivity contribution in [1.29, 1.82) is 0 Å². The summed E-state index contributed by atoms with van der Waals surface area (Å²) in [6.45, 7) is 2.03. The van der Waals surface area contributed by atoms with Crippen LogP contribution in [-0.4, -0.2) is 55.5 Å². The van der Waals surface area contributed by atoms with Crippen molar-refractivity contribution in [3.63, 3.8) is 0 Å². The van der Waals surface area contributed by atoms with Crippen LogP contribution in [0, 0.1) is 11.6 Å². The molecule has 1 aliphatic rings. The van der Waals surface area contributed by atoms with Gasteiger partial charge in [-0.05, 0) is 25.0 Å². The van der Waals surface area contributed by atoms with Crippen LogP contribution in [0.15, 0.2) is 18.2 Å². The Hall–Kier alpha value is -1.69. The summed E-state index contributed by atoms with van der Waals surface area (Å²) in [7, 11) is 3.49. The van der Waals surface area contributed by atoms with Gasteiger partial charge in [0.05, 0.1) is 6.54 Å². The Morgan fingerprint density at radius 2 is 1.81 bits per heavy atom. The summed E-state index contributed by atoms with van der Waals surface area (Å²) in [5.41, 5.74) is 0.468. The third-order valence-electron chi connectivity index (χ3n) is 3.68. The first-order valence-electron chi connectivity index (χ1n) is 7.09. The van der Waals surface area contributed by atoms with Crippen molar-refractivity contribution in [1.82, 2.24) is 9.80 Å². The molecular formula is C15H21F2N3O. The Morgan fingerprint density at radius 1 is 1.24 bits per heavy atom. The molecule has 0 radical (unpaired) electrons. The molecule has 0 aliphatic carbocycles. The molecule has 116 valence electrons. The zero-order valence-corrected chi connectivity index (χ0v) is 12.4. The van der Waals surface area contributed by atoms with E-state index in [0.29, 0.717) is 12.2 Å². The molecule has 21 heavy (non-hydrogen) atoms. The fourth-order valence-electron chi connectivity index (χ4n) is 2.44. The highest BCUT2D eigenvalue weighted by molar-refractivity contribution is 5.77. The molecule has 1 saturated heterocycles. The van der Waals surface area contributed by atoms with Crippen molar-refractivity contribution < 1.29 is 13.6 Å². The first kappa shape index (κ1) is 15.7. The summed E-state index contributed by atoms with van der Waals surface area (Å²) in [6, 6.07) is 3.63. The summed E-state index contributed by atoms with van der Waals surface area (Å²) in [5, 5.41) is 3.16. The van der Waals surface area contributed by atoms with Gasteiger partial charge in [-0.3, -0.25) is 9.69 Å². The minimum atomic E-state index is -0.577. The van der Waals surface area contributed by atoms with Crippen LogP contribution in [0.4, 0.5) is 14.5 Å². The number of amides is 1. The standard InChI is InChI=1S/C15H21F2N3O/c1-19(2)15(21)10-20-5-3-13(4-6-20)18-14-8-11(16)7-12(17)9-14/h7-9,13,18H,3-6,10H2,1-2H3. The van der Waals surface area contributed by atoms with Gasteiger partial charge in [0.1, 0.15) is 11.6 Å². The van der Waals surface area contributed by atoms with Crippen LogP contribution in [0.3, 0.4) is 0 Å². The van der Waals surface area contributed by atoms with E-state index < -0.39 is 11.6 Å².